The van der Waals surface area contributed by atoms with E-state index in [1.165, 1.54) is 5.56 Å². The molecule has 0 spiro atoms. The van der Waals surface area contributed by atoms with Crippen LogP contribution in [0.5, 0.6) is 0 Å². The number of hydrogen-bond donors (Lipinski definition) is 0. The van der Waals surface area contributed by atoms with Gasteiger partial charge in [0.1, 0.15) is 0 Å². The van der Waals surface area contributed by atoms with Gasteiger partial charge in [-0.05, 0) is 44.4 Å². The molecule has 0 aliphatic heterocycles. The molecule has 0 heterocycles. The molecule has 0 saturated heterocycles. The highest BCUT2D eigenvalue weighted by Gasteiger charge is 2.64. The van der Waals surface area contributed by atoms with Crippen molar-refractivity contribution in [1.82, 2.24) is 0 Å². The molecule has 6 rings (SSSR count). The Hall–Kier alpha value is -2.34. The second-order valence-corrected chi connectivity index (χ2v) is 10.0. The fraction of sp³-hybridized carbons (Fsp3) is 0.333. The van der Waals surface area contributed by atoms with Gasteiger partial charge in [0.2, 0.25) is 0 Å². The number of rotatable bonds is 0. The minimum absolute atomic E-state index is 0.184. The van der Waals surface area contributed by atoms with Gasteiger partial charge >= 0.3 is 0 Å². The second-order valence-electron chi connectivity index (χ2n) is 10.0. The molecule has 4 unspecified atom stereocenters. The molecule has 3 aromatic rings. The quantitative estimate of drug-likeness (QED) is 0.422. The summed E-state index contributed by atoms with van der Waals surface area (Å²) >= 11 is 0. The van der Waals surface area contributed by atoms with E-state index in [4.69, 9.17) is 0 Å². The van der Waals surface area contributed by atoms with E-state index < -0.39 is 0 Å². The lowest BCUT2D eigenvalue weighted by atomic mass is 9.70. The van der Waals surface area contributed by atoms with E-state index >= 15 is 0 Å². The highest BCUT2D eigenvalue weighted by atomic mass is 14.7. The maximum atomic E-state index is 2.56. The Morgan fingerprint density at radius 2 is 1.00 bits per heavy atom. The smallest absolute Gasteiger partial charge is 0.0167 e. The van der Waals surface area contributed by atoms with Gasteiger partial charge in [-0.2, -0.15) is 0 Å². The van der Waals surface area contributed by atoms with Gasteiger partial charge in [-0.25, -0.2) is 0 Å². The molecule has 0 aromatic heterocycles. The highest BCUT2D eigenvalue weighted by Crippen LogP contribution is 2.75. The summed E-state index contributed by atoms with van der Waals surface area (Å²) in [7, 11) is 0. The molecule has 27 heavy (non-hydrogen) atoms. The first-order chi connectivity index (χ1) is 12.9. The van der Waals surface area contributed by atoms with Crippen molar-refractivity contribution in [2.24, 2.45) is 5.41 Å². The topological polar surface area (TPSA) is 0 Å². The number of fused-ring (bicyclic) bond motifs is 9. The van der Waals surface area contributed by atoms with Gasteiger partial charge in [0.15, 0.2) is 0 Å². The minimum atomic E-state index is 0.184. The van der Waals surface area contributed by atoms with E-state index in [0.29, 0.717) is 17.8 Å². The van der Waals surface area contributed by atoms with E-state index in [-0.39, 0.29) is 10.8 Å². The molecule has 0 amide bonds. The molecule has 0 saturated carbocycles. The standard InChI is InChI=1S/C27H26/c1-26(2,3)16-13-14-21-22(15-16)25-20-12-8-7-11-19(20)23-17-9-5-6-10-18(17)24(21)27(23,25)4/h5-15,23-25H,1-4H3. The van der Waals surface area contributed by atoms with Crippen LogP contribution >= 0.6 is 0 Å². The maximum absolute atomic E-state index is 2.56. The van der Waals surface area contributed by atoms with Crippen LogP contribution in [0.25, 0.3) is 0 Å². The zero-order valence-electron chi connectivity index (χ0n) is 16.6. The highest BCUT2D eigenvalue weighted by molar-refractivity contribution is 5.68. The lowest BCUT2D eigenvalue weighted by molar-refractivity contribution is 0.288. The van der Waals surface area contributed by atoms with Crippen LogP contribution in [0.2, 0.25) is 0 Å². The molecule has 0 heteroatoms. The molecular formula is C27H26. The molecule has 3 aromatic carbocycles. The normalized spacial score (nSPS) is 29.3. The van der Waals surface area contributed by atoms with Crippen molar-refractivity contribution in [3.8, 4) is 0 Å². The van der Waals surface area contributed by atoms with Crippen molar-refractivity contribution in [3.63, 3.8) is 0 Å². The summed E-state index contributed by atoms with van der Waals surface area (Å²) < 4.78 is 0. The van der Waals surface area contributed by atoms with Crippen molar-refractivity contribution >= 4 is 0 Å². The Morgan fingerprint density at radius 1 is 0.593 bits per heavy atom. The fourth-order valence-corrected chi connectivity index (χ4v) is 6.64. The van der Waals surface area contributed by atoms with Crippen LogP contribution in [0.1, 0.15) is 84.4 Å². The third-order valence-electron chi connectivity index (χ3n) is 7.68. The summed E-state index contributed by atoms with van der Waals surface area (Å²) in [4.78, 5) is 0. The first-order valence-corrected chi connectivity index (χ1v) is 10.2. The SMILES string of the molecule is CC(C)(C)c1ccc2c(c1)C1c3ccccc3C3c4ccccc4C2C31C. The summed E-state index contributed by atoms with van der Waals surface area (Å²) in [6.07, 6.45) is 0. The molecule has 0 bridgehead atoms. The molecule has 0 radical (unpaired) electrons. The van der Waals surface area contributed by atoms with E-state index in [1.54, 1.807) is 33.4 Å². The van der Waals surface area contributed by atoms with Gasteiger partial charge in [-0.3, -0.25) is 0 Å². The summed E-state index contributed by atoms with van der Waals surface area (Å²) in [6.45, 7) is 9.54. The second kappa shape index (κ2) is 4.73. The van der Waals surface area contributed by atoms with Crippen LogP contribution in [0.4, 0.5) is 0 Å². The van der Waals surface area contributed by atoms with Gasteiger partial charge < -0.3 is 0 Å². The summed E-state index contributed by atoms with van der Waals surface area (Å²) in [6, 6.07) is 25.8. The van der Waals surface area contributed by atoms with E-state index in [1.807, 2.05) is 0 Å². The average Bonchev–Trinajstić information content (AvgIpc) is 3.16. The van der Waals surface area contributed by atoms with Gasteiger partial charge in [0.05, 0.1) is 0 Å². The van der Waals surface area contributed by atoms with Crippen LogP contribution < -0.4 is 0 Å². The van der Waals surface area contributed by atoms with E-state index in [9.17, 15) is 0 Å². The lowest BCUT2D eigenvalue weighted by Gasteiger charge is -2.31. The largest absolute Gasteiger partial charge is 0.0620 e. The zero-order valence-corrected chi connectivity index (χ0v) is 16.6. The van der Waals surface area contributed by atoms with E-state index in [2.05, 4.69) is 94.4 Å². The Bertz CT molecular complexity index is 1090. The third kappa shape index (κ3) is 1.71. The molecule has 3 aliphatic rings. The molecule has 3 aliphatic carbocycles. The van der Waals surface area contributed by atoms with Gasteiger partial charge in [-0.15, -0.1) is 0 Å². The molecule has 0 N–H and O–H groups in total. The van der Waals surface area contributed by atoms with Crippen LogP contribution in [0.15, 0.2) is 66.7 Å². The minimum Gasteiger partial charge on any atom is -0.0620 e. The van der Waals surface area contributed by atoms with Gasteiger partial charge in [0.25, 0.3) is 0 Å². The first kappa shape index (κ1) is 15.7. The molecule has 4 atom stereocenters. The van der Waals surface area contributed by atoms with Crippen molar-refractivity contribution in [3.05, 3.63) is 106 Å². The molecule has 0 nitrogen and oxygen atoms in total. The van der Waals surface area contributed by atoms with Gasteiger partial charge in [-0.1, -0.05) is 94.4 Å². The zero-order chi connectivity index (χ0) is 18.6. The predicted molar refractivity (Wildman–Crippen MR) is 112 cm³/mol. The third-order valence-corrected chi connectivity index (χ3v) is 7.68. The summed E-state index contributed by atoms with van der Waals surface area (Å²) in [5, 5.41) is 0. The first-order valence-electron chi connectivity index (χ1n) is 10.2. The Balaban J connectivity index is 1.72. The van der Waals surface area contributed by atoms with Crippen LogP contribution in [-0.4, -0.2) is 0 Å². The predicted octanol–water partition coefficient (Wildman–Crippen LogP) is 6.73. The lowest BCUT2D eigenvalue weighted by Crippen LogP contribution is -2.23. The Kier molecular flexibility index (Phi) is 2.75. The van der Waals surface area contributed by atoms with Crippen molar-refractivity contribution in [2.75, 3.05) is 0 Å². The van der Waals surface area contributed by atoms with Gasteiger partial charge in [0, 0.05) is 23.2 Å². The summed E-state index contributed by atoms with van der Waals surface area (Å²) in [5.41, 5.74) is 11.3. The summed E-state index contributed by atoms with van der Waals surface area (Å²) in [5.74, 6) is 1.54. The Labute approximate surface area is 162 Å². The average molecular weight is 351 g/mol. The fourth-order valence-electron chi connectivity index (χ4n) is 6.64. The van der Waals surface area contributed by atoms with Crippen LogP contribution in [-0.2, 0) is 5.41 Å². The van der Waals surface area contributed by atoms with Crippen LogP contribution in [0, 0.1) is 5.41 Å². The molecule has 0 fully saturated rings. The monoisotopic (exact) mass is 350 g/mol. The number of hydrogen-bond acceptors (Lipinski definition) is 0. The van der Waals surface area contributed by atoms with Crippen LogP contribution in [0.3, 0.4) is 0 Å². The molecule has 134 valence electrons. The van der Waals surface area contributed by atoms with Crippen molar-refractivity contribution in [2.45, 2.75) is 50.9 Å². The molecular weight excluding hydrogens is 324 g/mol. The maximum Gasteiger partial charge on any atom is 0.0167 e. The van der Waals surface area contributed by atoms with E-state index in [0.717, 1.165) is 0 Å². The Morgan fingerprint density at radius 3 is 1.44 bits per heavy atom. The van der Waals surface area contributed by atoms with Crippen molar-refractivity contribution in [1.29, 1.82) is 0 Å². The van der Waals surface area contributed by atoms with Crippen molar-refractivity contribution < 1.29 is 0 Å². The number of benzene rings is 3.